The van der Waals surface area contributed by atoms with Gasteiger partial charge >= 0.3 is 0 Å². The Morgan fingerprint density at radius 1 is 1.60 bits per heavy atom. The van der Waals surface area contributed by atoms with E-state index in [1.807, 2.05) is 11.8 Å². The van der Waals surface area contributed by atoms with Crippen molar-refractivity contribution in [3.8, 4) is 0 Å². The van der Waals surface area contributed by atoms with Gasteiger partial charge in [0.15, 0.2) is 0 Å². The van der Waals surface area contributed by atoms with Crippen LogP contribution in [0, 0.1) is 0 Å². The van der Waals surface area contributed by atoms with Crippen molar-refractivity contribution in [2.24, 2.45) is 0 Å². The van der Waals surface area contributed by atoms with Gasteiger partial charge in [-0.05, 0) is 12.7 Å². The van der Waals surface area contributed by atoms with Gasteiger partial charge in [-0.15, -0.1) is 0 Å². The third-order valence-electron chi connectivity index (χ3n) is 1.41. The summed E-state index contributed by atoms with van der Waals surface area (Å²) >= 11 is 1.84. The van der Waals surface area contributed by atoms with Crippen LogP contribution in [0.5, 0.6) is 0 Å². The zero-order valence-electron chi connectivity index (χ0n) is 6.76. The third-order valence-corrected chi connectivity index (χ3v) is 2.14. The summed E-state index contributed by atoms with van der Waals surface area (Å²) in [5.41, 5.74) is 0. The van der Waals surface area contributed by atoms with E-state index in [0.717, 1.165) is 18.7 Å². The van der Waals surface area contributed by atoms with Gasteiger partial charge in [0.25, 0.3) is 0 Å². The molecule has 2 N–H and O–H groups in total. The first-order chi connectivity index (χ1) is 4.85. The molecule has 0 heterocycles. The van der Waals surface area contributed by atoms with Gasteiger partial charge in [0.05, 0.1) is 6.61 Å². The van der Waals surface area contributed by atoms with Crippen molar-refractivity contribution >= 4 is 11.8 Å². The first kappa shape index (κ1) is 10.3. The van der Waals surface area contributed by atoms with Crippen LogP contribution in [0.3, 0.4) is 0 Å². The number of hydrogen-bond donors (Lipinski definition) is 2. The van der Waals surface area contributed by atoms with E-state index in [0.29, 0.717) is 6.04 Å². The third kappa shape index (κ3) is 5.09. The topological polar surface area (TPSA) is 32.3 Å². The molecule has 0 spiro atoms. The molecule has 10 heavy (non-hydrogen) atoms. The summed E-state index contributed by atoms with van der Waals surface area (Å²) in [7, 11) is 0. The molecule has 0 aliphatic carbocycles. The second-order valence-electron chi connectivity index (χ2n) is 2.24. The summed E-state index contributed by atoms with van der Waals surface area (Å²) < 4.78 is 0. The summed E-state index contributed by atoms with van der Waals surface area (Å²) in [5.74, 6) is 1.14. The number of hydrogen-bond acceptors (Lipinski definition) is 3. The lowest BCUT2D eigenvalue weighted by molar-refractivity contribution is 0.285. The van der Waals surface area contributed by atoms with Crippen molar-refractivity contribution in [1.29, 1.82) is 0 Å². The number of rotatable bonds is 6. The molecule has 62 valence electrons. The molecule has 1 atom stereocenters. The lowest BCUT2D eigenvalue weighted by Crippen LogP contribution is -2.32. The second-order valence-corrected chi connectivity index (χ2v) is 3.15. The van der Waals surface area contributed by atoms with E-state index in [1.54, 1.807) is 0 Å². The minimum atomic E-state index is 0.241. The summed E-state index contributed by atoms with van der Waals surface area (Å²) in [5, 5.41) is 11.8. The van der Waals surface area contributed by atoms with Gasteiger partial charge in [-0.1, -0.05) is 6.92 Å². The Bertz CT molecular complexity index is 70.6. The molecule has 0 radical (unpaired) electrons. The van der Waals surface area contributed by atoms with Crippen molar-refractivity contribution in [2.45, 2.75) is 19.4 Å². The van der Waals surface area contributed by atoms with E-state index in [4.69, 9.17) is 5.11 Å². The molecule has 0 fully saturated rings. The first-order valence-electron chi connectivity index (χ1n) is 3.68. The van der Waals surface area contributed by atoms with E-state index in [9.17, 15) is 0 Å². The van der Waals surface area contributed by atoms with Gasteiger partial charge in [-0.2, -0.15) is 11.8 Å². The van der Waals surface area contributed by atoms with Crippen LogP contribution >= 0.6 is 11.8 Å². The van der Waals surface area contributed by atoms with Gasteiger partial charge in [0, 0.05) is 18.3 Å². The molecule has 0 aromatic carbocycles. The Morgan fingerprint density at radius 2 is 2.30 bits per heavy atom. The van der Waals surface area contributed by atoms with Crippen molar-refractivity contribution in [2.75, 3.05) is 25.2 Å². The maximum Gasteiger partial charge on any atom is 0.0556 e. The molecule has 2 nitrogen and oxygen atoms in total. The van der Waals surface area contributed by atoms with Crippen LogP contribution < -0.4 is 5.32 Å². The quantitative estimate of drug-likeness (QED) is 0.605. The molecular weight excluding hydrogens is 146 g/mol. The molecule has 0 aromatic rings. The van der Waals surface area contributed by atoms with Crippen LogP contribution in [0.4, 0.5) is 0 Å². The molecule has 0 rings (SSSR count). The smallest absolute Gasteiger partial charge is 0.0556 e. The highest BCUT2D eigenvalue weighted by Crippen LogP contribution is 1.99. The highest BCUT2D eigenvalue weighted by Gasteiger charge is 2.01. The highest BCUT2D eigenvalue weighted by atomic mass is 32.2. The van der Waals surface area contributed by atoms with E-state index < -0.39 is 0 Å². The molecule has 0 amide bonds. The largest absolute Gasteiger partial charge is 0.395 e. The highest BCUT2D eigenvalue weighted by molar-refractivity contribution is 7.98. The van der Waals surface area contributed by atoms with Crippen LogP contribution in [0.2, 0.25) is 0 Å². The fraction of sp³-hybridized carbons (Fsp3) is 1.00. The van der Waals surface area contributed by atoms with Gasteiger partial charge in [0.2, 0.25) is 0 Å². The first-order valence-corrected chi connectivity index (χ1v) is 5.07. The Kier molecular flexibility index (Phi) is 7.58. The lowest BCUT2D eigenvalue weighted by atomic mass is 10.2. The maximum absolute atomic E-state index is 8.51. The zero-order valence-corrected chi connectivity index (χ0v) is 7.58. The normalized spacial score (nSPS) is 13.5. The maximum atomic E-state index is 8.51. The minimum Gasteiger partial charge on any atom is -0.395 e. The Hall–Kier alpha value is 0.270. The SMILES string of the molecule is CCC(CSC)NCCO. The molecular formula is C7H17NOS. The average Bonchev–Trinajstić information content (AvgIpc) is 1.98. The van der Waals surface area contributed by atoms with Gasteiger partial charge in [-0.3, -0.25) is 0 Å². The molecule has 0 aromatic heterocycles. The number of aliphatic hydroxyl groups excluding tert-OH is 1. The summed E-state index contributed by atoms with van der Waals surface area (Å²) in [6.45, 7) is 3.12. The number of nitrogens with one attached hydrogen (secondary N) is 1. The molecule has 0 saturated heterocycles. The molecule has 0 saturated carbocycles. The molecule has 3 heteroatoms. The molecule has 0 aliphatic heterocycles. The monoisotopic (exact) mass is 163 g/mol. The number of aliphatic hydroxyl groups is 1. The summed E-state index contributed by atoms with van der Waals surface area (Å²) in [4.78, 5) is 0. The molecule has 1 unspecified atom stereocenters. The van der Waals surface area contributed by atoms with Gasteiger partial charge < -0.3 is 10.4 Å². The van der Waals surface area contributed by atoms with Gasteiger partial charge in [0.1, 0.15) is 0 Å². The van der Waals surface area contributed by atoms with Crippen LogP contribution in [-0.4, -0.2) is 36.3 Å². The Balaban J connectivity index is 3.21. The van der Waals surface area contributed by atoms with Crippen LogP contribution in [0.1, 0.15) is 13.3 Å². The molecule has 0 bridgehead atoms. The van der Waals surface area contributed by atoms with E-state index in [1.165, 1.54) is 0 Å². The van der Waals surface area contributed by atoms with Gasteiger partial charge in [-0.25, -0.2) is 0 Å². The van der Waals surface area contributed by atoms with Crippen LogP contribution in [-0.2, 0) is 0 Å². The Morgan fingerprint density at radius 3 is 2.70 bits per heavy atom. The minimum absolute atomic E-state index is 0.241. The van der Waals surface area contributed by atoms with Crippen molar-refractivity contribution < 1.29 is 5.11 Å². The zero-order chi connectivity index (χ0) is 7.82. The standard InChI is InChI=1S/C7H17NOS/c1-3-7(6-10-2)8-4-5-9/h7-9H,3-6H2,1-2H3. The van der Waals surface area contributed by atoms with E-state index in [-0.39, 0.29) is 6.61 Å². The average molecular weight is 163 g/mol. The van der Waals surface area contributed by atoms with Crippen molar-refractivity contribution in [3.05, 3.63) is 0 Å². The molecule has 0 aliphatic rings. The van der Waals surface area contributed by atoms with Crippen LogP contribution in [0.15, 0.2) is 0 Å². The summed E-state index contributed by atoms with van der Waals surface area (Å²) in [6, 6.07) is 0.571. The second kappa shape index (κ2) is 7.38. The predicted molar refractivity (Wildman–Crippen MR) is 47.5 cm³/mol. The number of thioether (sulfide) groups is 1. The van der Waals surface area contributed by atoms with Crippen molar-refractivity contribution in [1.82, 2.24) is 5.32 Å². The van der Waals surface area contributed by atoms with E-state index >= 15 is 0 Å². The summed E-state index contributed by atoms with van der Waals surface area (Å²) in [6.07, 6.45) is 3.24. The lowest BCUT2D eigenvalue weighted by Gasteiger charge is -2.13. The van der Waals surface area contributed by atoms with E-state index in [2.05, 4.69) is 18.5 Å². The van der Waals surface area contributed by atoms with Crippen LogP contribution in [0.25, 0.3) is 0 Å². The fourth-order valence-electron chi connectivity index (χ4n) is 0.791. The Labute approximate surface area is 67.4 Å². The fourth-order valence-corrected chi connectivity index (χ4v) is 1.55. The van der Waals surface area contributed by atoms with Crippen molar-refractivity contribution in [3.63, 3.8) is 0 Å². The predicted octanol–water partition coefficient (Wildman–Crippen LogP) is 0.710.